The maximum atomic E-state index is 11.3. The van der Waals surface area contributed by atoms with Crippen molar-refractivity contribution in [1.29, 1.82) is 0 Å². The Labute approximate surface area is 113 Å². The van der Waals surface area contributed by atoms with E-state index < -0.39 is 5.91 Å². The second-order valence-corrected chi connectivity index (χ2v) is 4.69. The maximum Gasteiger partial charge on any atom is 0.300 e. The summed E-state index contributed by atoms with van der Waals surface area (Å²) in [5.41, 5.74) is 2.86. The van der Waals surface area contributed by atoms with Gasteiger partial charge in [0.2, 0.25) is 0 Å². The van der Waals surface area contributed by atoms with E-state index in [1.54, 1.807) is 13.0 Å². The van der Waals surface area contributed by atoms with Gasteiger partial charge in [0.25, 0.3) is 0 Å². The normalized spacial score (nSPS) is 11.0. The van der Waals surface area contributed by atoms with E-state index in [9.17, 15) is 4.79 Å². The number of nitrogens with two attached hydrogens (primary N) is 1. The van der Waals surface area contributed by atoms with Gasteiger partial charge in [0.15, 0.2) is 5.76 Å². The molecule has 0 aromatic carbocycles. The van der Waals surface area contributed by atoms with Gasteiger partial charge in [-0.25, -0.2) is 5.84 Å². The van der Waals surface area contributed by atoms with Crippen LogP contribution in [0.25, 0.3) is 0 Å². The molecule has 0 saturated heterocycles. The number of hydrogen-bond donors (Lipinski definition) is 2. The second-order valence-electron chi connectivity index (χ2n) is 4.69. The highest BCUT2D eigenvalue weighted by molar-refractivity contribution is 5.91. The van der Waals surface area contributed by atoms with Crippen LogP contribution >= 0.6 is 0 Å². The molecular weight excluding hydrogens is 248 g/mol. The smallest absolute Gasteiger partial charge is 0.300 e. The van der Waals surface area contributed by atoms with Gasteiger partial charge < -0.3 is 13.9 Å². The van der Waals surface area contributed by atoms with Crippen LogP contribution in [0.5, 0.6) is 0 Å². The molecule has 0 saturated carbocycles. The fraction of sp³-hybridized carbons (Fsp3) is 0.615. The van der Waals surface area contributed by atoms with E-state index in [1.165, 1.54) is 0 Å². The van der Waals surface area contributed by atoms with Crippen molar-refractivity contribution in [2.24, 2.45) is 11.8 Å². The summed E-state index contributed by atoms with van der Waals surface area (Å²) in [5, 5.41) is 0. The van der Waals surface area contributed by atoms with Gasteiger partial charge in [-0.3, -0.25) is 10.2 Å². The molecule has 0 aliphatic heterocycles. The molecule has 0 fully saturated rings. The fourth-order valence-corrected chi connectivity index (χ4v) is 1.47. The Morgan fingerprint density at radius 3 is 2.74 bits per heavy atom. The number of aryl methyl sites for hydroxylation is 1. The zero-order valence-electron chi connectivity index (χ0n) is 11.7. The Morgan fingerprint density at radius 1 is 1.42 bits per heavy atom. The van der Waals surface area contributed by atoms with Crippen molar-refractivity contribution in [2.75, 3.05) is 19.8 Å². The van der Waals surface area contributed by atoms with E-state index in [2.05, 4.69) is 13.8 Å². The first-order chi connectivity index (χ1) is 9.04. The number of carbonyl (C=O) groups excluding carboxylic acids is 1. The molecule has 3 N–H and O–H groups in total. The van der Waals surface area contributed by atoms with Crippen molar-refractivity contribution in [3.05, 3.63) is 23.2 Å². The lowest BCUT2D eigenvalue weighted by atomic mass is 10.2. The minimum absolute atomic E-state index is 0.189. The van der Waals surface area contributed by atoms with Gasteiger partial charge in [0.1, 0.15) is 5.76 Å². The van der Waals surface area contributed by atoms with Crippen molar-refractivity contribution < 1.29 is 18.7 Å². The molecule has 0 radical (unpaired) electrons. The van der Waals surface area contributed by atoms with Gasteiger partial charge in [-0.15, -0.1) is 0 Å². The molecule has 0 bridgehead atoms. The minimum atomic E-state index is -0.449. The topological polar surface area (TPSA) is 86.7 Å². The molecule has 0 atom stereocenters. The first kappa shape index (κ1) is 15.7. The number of nitrogen functional groups attached to an aromatic ring is 1. The standard InChI is InChI=1S/C13H22N2O4/c1-9(2)7-17-4-5-18-8-11-6-12(13(16)15-14)19-10(11)3/h6,9H,4-5,7-8,14H2,1-3H3,(H,15,16). The van der Waals surface area contributed by atoms with E-state index >= 15 is 0 Å². The number of hydrazine groups is 1. The molecule has 1 heterocycles. The molecule has 1 rings (SSSR count). The van der Waals surface area contributed by atoms with Crippen LogP contribution < -0.4 is 11.3 Å². The number of furan rings is 1. The van der Waals surface area contributed by atoms with Crippen molar-refractivity contribution in [1.82, 2.24) is 5.43 Å². The van der Waals surface area contributed by atoms with E-state index in [4.69, 9.17) is 19.7 Å². The van der Waals surface area contributed by atoms with Gasteiger partial charge in [-0.05, 0) is 18.9 Å². The molecule has 0 aliphatic rings. The Kier molecular flexibility index (Phi) is 6.55. The molecule has 1 aromatic rings. The first-order valence-electron chi connectivity index (χ1n) is 6.30. The van der Waals surface area contributed by atoms with Gasteiger partial charge in [0, 0.05) is 12.2 Å². The van der Waals surface area contributed by atoms with E-state index in [0.29, 0.717) is 31.5 Å². The van der Waals surface area contributed by atoms with Crippen LogP contribution in [-0.4, -0.2) is 25.7 Å². The number of nitrogens with one attached hydrogen (secondary N) is 1. The van der Waals surface area contributed by atoms with Gasteiger partial charge >= 0.3 is 5.91 Å². The highest BCUT2D eigenvalue weighted by Gasteiger charge is 2.13. The number of ether oxygens (including phenoxy) is 2. The summed E-state index contributed by atoms with van der Waals surface area (Å²) < 4.78 is 16.1. The number of hydrogen-bond acceptors (Lipinski definition) is 5. The number of amides is 1. The average Bonchev–Trinajstić information content (AvgIpc) is 2.74. The summed E-state index contributed by atoms with van der Waals surface area (Å²) in [6.07, 6.45) is 0. The monoisotopic (exact) mass is 270 g/mol. The molecule has 0 spiro atoms. The predicted molar refractivity (Wildman–Crippen MR) is 70.4 cm³/mol. The molecule has 0 aliphatic carbocycles. The van der Waals surface area contributed by atoms with Crippen molar-refractivity contribution in [3.63, 3.8) is 0 Å². The van der Waals surface area contributed by atoms with Crippen LogP contribution in [0.1, 0.15) is 35.7 Å². The largest absolute Gasteiger partial charge is 0.456 e. The molecule has 6 heteroatoms. The Balaban J connectivity index is 2.29. The minimum Gasteiger partial charge on any atom is -0.456 e. The van der Waals surface area contributed by atoms with Crippen LogP contribution in [0.3, 0.4) is 0 Å². The highest BCUT2D eigenvalue weighted by Crippen LogP contribution is 2.15. The summed E-state index contributed by atoms with van der Waals surface area (Å²) in [4.78, 5) is 11.3. The molecular formula is C13H22N2O4. The fourth-order valence-electron chi connectivity index (χ4n) is 1.47. The Hall–Kier alpha value is -1.37. The van der Waals surface area contributed by atoms with Crippen LogP contribution in [-0.2, 0) is 16.1 Å². The molecule has 0 unspecified atom stereocenters. The maximum absolute atomic E-state index is 11.3. The lowest BCUT2D eigenvalue weighted by Gasteiger charge is -2.07. The average molecular weight is 270 g/mol. The third kappa shape index (κ3) is 5.42. The lowest BCUT2D eigenvalue weighted by molar-refractivity contribution is 0.0311. The molecule has 1 amide bonds. The molecule has 1 aromatic heterocycles. The number of rotatable bonds is 8. The van der Waals surface area contributed by atoms with E-state index in [0.717, 1.165) is 12.2 Å². The zero-order chi connectivity index (χ0) is 14.3. The summed E-state index contributed by atoms with van der Waals surface area (Å²) in [6.45, 7) is 8.16. The highest BCUT2D eigenvalue weighted by atomic mass is 16.5. The summed E-state index contributed by atoms with van der Waals surface area (Å²) in [6, 6.07) is 1.63. The third-order valence-electron chi connectivity index (χ3n) is 2.46. The molecule has 19 heavy (non-hydrogen) atoms. The Morgan fingerprint density at radius 2 is 2.11 bits per heavy atom. The third-order valence-corrected chi connectivity index (χ3v) is 2.46. The molecule has 6 nitrogen and oxygen atoms in total. The predicted octanol–water partition coefficient (Wildman–Crippen LogP) is 1.38. The van der Waals surface area contributed by atoms with Crippen LogP contribution in [0.2, 0.25) is 0 Å². The van der Waals surface area contributed by atoms with Gasteiger partial charge in [-0.1, -0.05) is 13.8 Å². The summed E-state index contributed by atoms with van der Waals surface area (Å²) in [5.74, 6) is 5.95. The first-order valence-corrected chi connectivity index (χ1v) is 6.30. The van der Waals surface area contributed by atoms with Crippen LogP contribution in [0.15, 0.2) is 10.5 Å². The van der Waals surface area contributed by atoms with Crippen molar-refractivity contribution >= 4 is 5.91 Å². The second kappa shape index (κ2) is 7.93. The summed E-state index contributed by atoms with van der Waals surface area (Å²) in [7, 11) is 0. The molecule has 108 valence electrons. The van der Waals surface area contributed by atoms with Crippen LogP contribution in [0.4, 0.5) is 0 Å². The van der Waals surface area contributed by atoms with E-state index in [1.807, 2.05) is 5.43 Å². The lowest BCUT2D eigenvalue weighted by Crippen LogP contribution is -2.29. The van der Waals surface area contributed by atoms with Crippen molar-refractivity contribution in [2.45, 2.75) is 27.4 Å². The van der Waals surface area contributed by atoms with E-state index in [-0.39, 0.29) is 5.76 Å². The quantitative estimate of drug-likeness (QED) is 0.322. The SMILES string of the molecule is Cc1oc(C(=O)NN)cc1COCCOCC(C)C. The van der Waals surface area contributed by atoms with Gasteiger partial charge in [0.05, 0.1) is 19.8 Å². The summed E-state index contributed by atoms with van der Waals surface area (Å²) >= 11 is 0. The van der Waals surface area contributed by atoms with Gasteiger partial charge in [-0.2, -0.15) is 0 Å². The Bertz CT molecular complexity index is 401. The number of carbonyl (C=O) groups is 1. The zero-order valence-corrected chi connectivity index (χ0v) is 11.7. The van der Waals surface area contributed by atoms with Crippen molar-refractivity contribution in [3.8, 4) is 0 Å². The van der Waals surface area contributed by atoms with Crippen LogP contribution in [0, 0.1) is 12.8 Å².